The normalized spacial score (nSPS) is 10.1. The molecule has 2 rings (SSSR count). The first kappa shape index (κ1) is 14.3. The molecule has 0 fully saturated rings. The van der Waals surface area contributed by atoms with Gasteiger partial charge in [-0.1, -0.05) is 17.7 Å². The highest BCUT2D eigenvalue weighted by Crippen LogP contribution is 2.26. The van der Waals surface area contributed by atoms with Crippen molar-refractivity contribution in [2.75, 3.05) is 7.11 Å². The molecule has 0 aliphatic carbocycles. The molecule has 102 valence electrons. The van der Waals surface area contributed by atoms with Gasteiger partial charge in [0, 0.05) is 13.2 Å². The Morgan fingerprint density at radius 2 is 2.10 bits per heavy atom. The molecule has 0 aliphatic heterocycles. The summed E-state index contributed by atoms with van der Waals surface area (Å²) in [7, 11) is 1.55. The Morgan fingerprint density at radius 1 is 1.30 bits per heavy atom. The van der Waals surface area contributed by atoms with Gasteiger partial charge >= 0.3 is 0 Å². The van der Waals surface area contributed by atoms with E-state index < -0.39 is 0 Å². The molecule has 1 heterocycles. The first-order valence-corrected chi connectivity index (χ1v) is 6.21. The number of nitriles is 1. The van der Waals surface area contributed by atoms with Crippen LogP contribution in [0.25, 0.3) is 0 Å². The molecule has 5 nitrogen and oxygen atoms in total. The molecule has 2 aromatic rings. The molecule has 0 bridgehead atoms. The van der Waals surface area contributed by atoms with Crippen LogP contribution in [0.15, 0.2) is 24.3 Å². The van der Waals surface area contributed by atoms with Crippen molar-refractivity contribution in [1.29, 1.82) is 5.26 Å². The summed E-state index contributed by atoms with van der Waals surface area (Å²) in [5.74, 6) is 1.31. The van der Waals surface area contributed by atoms with E-state index in [-0.39, 0.29) is 11.8 Å². The highest BCUT2D eigenvalue weighted by molar-refractivity contribution is 6.29. The van der Waals surface area contributed by atoms with Crippen LogP contribution in [0, 0.1) is 18.3 Å². The first-order valence-electron chi connectivity index (χ1n) is 5.83. The Morgan fingerprint density at radius 3 is 2.80 bits per heavy atom. The Labute approximate surface area is 121 Å². The summed E-state index contributed by atoms with van der Waals surface area (Å²) in [6, 6.07) is 8.77. The maximum Gasteiger partial charge on any atom is 0.224 e. The third-order valence-corrected chi connectivity index (χ3v) is 2.72. The topological polar surface area (TPSA) is 68.0 Å². The largest absolute Gasteiger partial charge is 0.439 e. The summed E-state index contributed by atoms with van der Waals surface area (Å²) in [6.45, 7) is 2.13. The van der Waals surface area contributed by atoms with Gasteiger partial charge in [-0.2, -0.15) is 10.2 Å². The SMILES string of the molecule is COCc1nc(Cl)cc(Oc2cc(C#N)ccc2C)n1. The molecule has 0 atom stereocenters. The Balaban J connectivity index is 2.32. The molecule has 0 N–H and O–H groups in total. The lowest BCUT2D eigenvalue weighted by atomic mass is 10.1. The van der Waals surface area contributed by atoms with Crippen molar-refractivity contribution in [2.45, 2.75) is 13.5 Å². The lowest BCUT2D eigenvalue weighted by Crippen LogP contribution is -2.00. The van der Waals surface area contributed by atoms with E-state index in [0.29, 0.717) is 23.0 Å². The van der Waals surface area contributed by atoms with Crippen LogP contribution in [-0.4, -0.2) is 17.1 Å². The second-order valence-corrected chi connectivity index (χ2v) is 4.46. The number of hydrogen-bond acceptors (Lipinski definition) is 5. The summed E-state index contributed by atoms with van der Waals surface area (Å²) in [5.41, 5.74) is 1.41. The van der Waals surface area contributed by atoms with Gasteiger partial charge in [0.1, 0.15) is 17.5 Å². The van der Waals surface area contributed by atoms with Gasteiger partial charge in [-0.15, -0.1) is 0 Å². The number of aryl methyl sites for hydroxylation is 1. The number of rotatable bonds is 4. The maximum atomic E-state index is 8.91. The van der Waals surface area contributed by atoms with E-state index >= 15 is 0 Å². The van der Waals surface area contributed by atoms with Crippen molar-refractivity contribution < 1.29 is 9.47 Å². The van der Waals surface area contributed by atoms with Crippen LogP contribution in [0.1, 0.15) is 17.0 Å². The summed E-state index contributed by atoms with van der Waals surface area (Å²) >= 11 is 5.91. The minimum atomic E-state index is 0.244. The van der Waals surface area contributed by atoms with Crippen LogP contribution in [0.3, 0.4) is 0 Å². The van der Waals surface area contributed by atoms with Gasteiger partial charge in [0.15, 0.2) is 5.82 Å². The molecule has 0 saturated carbocycles. The number of halogens is 1. The lowest BCUT2D eigenvalue weighted by Gasteiger charge is -2.09. The van der Waals surface area contributed by atoms with Gasteiger partial charge in [-0.05, 0) is 24.6 Å². The number of ether oxygens (including phenoxy) is 2. The highest BCUT2D eigenvalue weighted by Gasteiger charge is 2.08. The number of aromatic nitrogens is 2. The number of hydrogen-bond donors (Lipinski definition) is 0. The van der Waals surface area contributed by atoms with Crippen LogP contribution in [0.4, 0.5) is 0 Å². The van der Waals surface area contributed by atoms with Crippen LogP contribution in [0.2, 0.25) is 5.15 Å². The minimum Gasteiger partial charge on any atom is -0.439 e. The fourth-order valence-electron chi connectivity index (χ4n) is 1.58. The molecule has 0 radical (unpaired) electrons. The van der Waals surface area contributed by atoms with E-state index in [9.17, 15) is 0 Å². The Hall–Kier alpha value is -2.16. The number of methoxy groups -OCH3 is 1. The van der Waals surface area contributed by atoms with Crippen molar-refractivity contribution >= 4 is 11.6 Å². The van der Waals surface area contributed by atoms with E-state index in [1.54, 1.807) is 19.2 Å². The van der Waals surface area contributed by atoms with Crippen molar-refractivity contribution in [2.24, 2.45) is 0 Å². The summed E-state index contributed by atoms with van der Waals surface area (Å²) in [6.07, 6.45) is 0. The zero-order chi connectivity index (χ0) is 14.5. The van der Waals surface area contributed by atoms with E-state index in [1.165, 1.54) is 6.07 Å². The second-order valence-electron chi connectivity index (χ2n) is 4.07. The second kappa shape index (κ2) is 6.33. The predicted octanol–water partition coefficient (Wildman–Crippen LogP) is 3.25. The predicted molar refractivity (Wildman–Crippen MR) is 73.7 cm³/mol. The third kappa shape index (κ3) is 3.44. The van der Waals surface area contributed by atoms with Gasteiger partial charge in [-0.25, -0.2) is 4.98 Å². The average molecular weight is 290 g/mol. The van der Waals surface area contributed by atoms with E-state index in [2.05, 4.69) is 16.0 Å². The molecule has 0 aliphatic rings. The minimum absolute atomic E-state index is 0.244. The van der Waals surface area contributed by atoms with Crippen LogP contribution >= 0.6 is 11.6 Å². The van der Waals surface area contributed by atoms with Crippen molar-refractivity contribution in [3.63, 3.8) is 0 Å². The van der Waals surface area contributed by atoms with Gasteiger partial charge in [0.25, 0.3) is 0 Å². The van der Waals surface area contributed by atoms with Gasteiger partial charge < -0.3 is 9.47 Å². The van der Waals surface area contributed by atoms with Crippen molar-refractivity contribution in [1.82, 2.24) is 9.97 Å². The van der Waals surface area contributed by atoms with E-state index in [4.69, 9.17) is 26.3 Å². The van der Waals surface area contributed by atoms with Gasteiger partial charge in [0.2, 0.25) is 5.88 Å². The highest BCUT2D eigenvalue weighted by atomic mass is 35.5. The Bertz CT molecular complexity index is 668. The maximum absolute atomic E-state index is 8.91. The molecule has 0 amide bonds. The van der Waals surface area contributed by atoms with Crippen molar-refractivity contribution in [3.05, 3.63) is 46.4 Å². The van der Waals surface area contributed by atoms with Crippen molar-refractivity contribution in [3.8, 4) is 17.7 Å². The fourth-order valence-corrected chi connectivity index (χ4v) is 1.77. The van der Waals surface area contributed by atoms with Crippen LogP contribution in [-0.2, 0) is 11.3 Å². The quantitative estimate of drug-likeness (QED) is 0.808. The number of benzene rings is 1. The summed E-state index contributed by atoms with van der Waals surface area (Å²) in [5, 5.41) is 9.18. The monoisotopic (exact) mass is 289 g/mol. The molecule has 0 unspecified atom stereocenters. The molecular weight excluding hydrogens is 278 g/mol. The smallest absolute Gasteiger partial charge is 0.224 e. The molecule has 1 aromatic carbocycles. The zero-order valence-electron chi connectivity index (χ0n) is 11.1. The number of nitrogens with zero attached hydrogens (tertiary/aromatic N) is 3. The molecule has 1 aromatic heterocycles. The van der Waals surface area contributed by atoms with Gasteiger partial charge in [-0.3, -0.25) is 0 Å². The summed E-state index contributed by atoms with van der Waals surface area (Å²) < 4.78 is 10.6. The van der Waals surface area contributed by atoms with Crippen LogP contribution in [0.5, 0.6) is 11.6 Å². The average Bonchev–Trinajstić information content (AvgIpc) is 2.41. The summed E-state index contributed by atoms with van der Waals surface area (Å²) in [4.78, 5) is 8.21. The van der Waals surface area contributed by atoms with E-state index in [1.807, 2.05) is 13.0 Å². The lowest BCUT2D eigenvalue weighted by molar-refractivity contribution is 0.177. The van der Waals surface area contributed by atoms with Gasteiger partial charge in [0.05, 0.1) is 11.6 Å². The molecule has 0 saturated heterocycles. The first-order chi connectivity index (χ1) is 9.62. The standard InChI is InChI=1S/C14H12ClN3O2/c1-9-3-4-10(7-16)5-11(9)20-14-6-12(15)17-13(18-14)8-19-2/h3-6H,8H2,1-2H3. The molecular formula is C14H12ClN3O2. The van der Waals surface area contributed by atoms with E-state index in [0.717, 1.165) is 5.56 Å². The third-order valence-electron chi connectivity index (χ3n) is 2.52. The zero-order valence-corrected chi connectivity index (χ0v) is 11.8. The molecule has 0 spiro atoms. The van der Waals surface area contributed by atoms with Crippen LogP contribution < -0.4 is 4.74 Å². The molecule has 6 heteroatoms. The molecule has 20 heavy (non-hydrogen) atoms. The Kier molecular flexibility index (Phi) is 4.51. The fraction of sp³-hybridized carbons (Fsp3) is 0.214.